The summed E-state index contributed by atoms with van der Waals surface area (Å²) in [6.07, 6.45) is 1.86. The van der Waals surface area contributed by atoms with E-state index >= 15 is 0 Å². The molecule has 0 aliphatic heterocycles. The van der Waals surface area contributed by atoms with Gasteiger partial charge in [-0.05, 0) is 19.4 Å². The SMILES string of the molecule is Cc1ccc(Cn2ccsc2=NC(=O)COC(=O)Cn2c(C)csc2=O)cc1. The summed E-state index contributed by atoms with van der Waals surface area (Å²) >= 11 is 2.35. The van der Waals surface area contributed by atoms with Crippen LogP contribution in [-0.4, -0.2) is 27.6 Å². The number of aromatic nitrogens is 2. The Hall–Kier alpha value is -2.78. The molecule has 0 spiro atoms. The third kappa shape index (κ3) is 5.14. The van der Waals surface area contributed by atoms with Gasteiger partial charge in [0.05, 0.1) is 0 Å². The van der Waals surface area contributed by atoms with Crippen LogP contribution in [0.1, 0.15) is 16.8 Å². The monoisotopic (exact) mass is 417 g/mol. The van der Waals surface area contributed by atoms with Gasteiger partial charge in [-0.3, -0.25) is 19.0 Å². The summed E-state index contributed by atoms with van der Waals surface area (Å²) < 4.78 is 8.14. The van der Waals surface area contributed by atoms with Crippen LogP contribution >= 0.6 is 22.7 Å². The number of carbonyl (C=O) groups excluding carboxylic acids is 2. The lowest BCUT2D eigenvalue weighted by Crippen LogP contribution is -2.24. The highest BCUT2D eigenvalue weighted by Gasteiger charge is 2.11. The molecule has 146 valence electrons. The average Bonchev–Trinajstić information content (AvgIpc) is 3.23. The van der Waals surface area contributed by atoms with Crippen LogP contribution < -0.4 is 9.67 Å². The zero-order chi connectivity index (χ0) is 20.1. The summed E-state index contributed by atoms with van der Waals surface area (Å²) in [6, 6.07) is 8.12. The second kappa shape index (κ2) is 8.94. The van der Waals surface area contributed by atoms with Crippen LogP contribution in [0.4, 0.5) is 0 Å². The lowest BCUT2D eigenvalue weighted by molar-refractivity contribution is -0.148. The maximum atomic E-state index is 12.1. The Morgan fingerprint density at radius 1 is 1.14 bits per heavy atom. The van der Waals surface area contributed by atoms with E-state index in [9.17, 15) is 14.4 Å². The molecule has 3 aromatic rings. The lowest BCUT2D eigenvalue weighted by Gasteiger charge is -2.05. The summed E-state index contributed by atoms with van der Waals surface area (Å²) in [5, 5.41) is 3.51. The number of nitrogens with zero attached hydrogens (tertiary/aromatic N) is 3. The Morgan fingerprint density at radius 2 is 1.89 bits per heavy atom. The van der Waals surface area contributed by atoms with Gasteiger partial charge in [0.25, 0.3) is 5.91 Å². The second-order valence-electron chi connectivity index (χ2n) is 6.19. The maximum Gasteiger partial charge on any atom is 0.326 e. The molecule has 0 N–H and O–H groups in total. The van der Waals surface area contributed by atoms with E-state index in [-0.39, 0.29) is 11.4 Å². The van der Waals surface area contributed by atoms with E-state index in [1.807, 2.05) is 47.3 Å². The van der Waals surface area contributed by atoms with Gasteiger partial charge in [-0.1, -0.05) is 41.2 Å². The highest BCUT2D eigenvalue weighted by molar-refractivity contribution is 7.07. The number of ether oxygens (including phenoxy) is 1. The third-order valence-electron chi connectivity index (χ3n) is 3.97. The number of amides is 1. The van der Waals surface area contributed by atoms with Crippen molar-refractivity contribution in [2.75, 3.05) is 6.61 Å². The van der Waals surface area contributed by atoms with E-state index in [2.05, 4.69) is 4.99 Å². The quantitative estimate of drug-likeness (QED) is 0.575. The van der Waals surface area contributed by atoms with Gasteiger partial charge in [-0.15, -0.1) is 11.3 Å². The van der Waals surface area contributed by atoms with E-state index in [1.54, 1.807) is 12.3 Å². The standard InChI is InChI=1S/C19H19N3O4S2/c1-13-3-5-15(6-4-13)9-21-7-8-27-18(21)20-16(23)11-26-17(24)10-22-14(2)12-28-19(22)25/h3-8,12H,9-11H2,1-2H3. The third-order valence-corrected chi connectivity index (χ3v) is 5.65. The number of rotatable bonds is 6. The molecule has 7 nitrogen and oxygen atoms in total. The molecule has 0 radical (unpaired) electrons. The van der Waals surface area contributed by atoms with Crippen molar-refractivity contribution >= 4 is 34.6 Å². The summed E-state index contributed by atoms with van der Waals surface area (Å²) in [5.41, 5.74) is 2.96. The van der Waals surface area contributed by atoms with Crippen molar-refractivity contribution in [3.8, 4) is 0 Å². The highest BCUT2D eigenvalue weighted by Crippen LogP contribution is 2.05. The molecule has 0 saturated heterocycles. The van der Waals surface area contributed by atoms with E-state index in [0.29, 0.717) is 17.0 Å². The average molecular weight is 418 g/mol. The van der Waals surface area contributed by atoms with Crippen molar-refractivity contribution in [1.82, 2.24) is 9.13 Å². The fourth-order valence-corrected chi connectivity index (χ4v) is 3.93. The molecule has 2 heterocycles. The number of thiazole rings is 2. The molecule has 9 heteroatoms. The van der Waals surface area contributed by atoms with Crippen molar-refractivity contribution in [1.29, 1.82) is 0 Å². The van der Waals surface area contributed by atoms with Crippen LogP contribution in [0.25, 0.3) is 0 Å². The summed E-state index contributed by atoms with van der Waals surface area (Å²) in [5.74, 6) is -1.20. The van der Waals surface area contributed by atoms with E-state index in [4.69, 9.17) is 4.74 Å². The topological polar surface area (TPSA) is 82.7 Å². The Morgan fingerprint density at radius 3 is 2.57 bits per heavy atom. The van der Waals surface area contributed by atoms with Crippen LogP contribution in [0, 0.1) is 13.8 Å². The van der Waals surface area contributed by atoms with Crippen molar-refractivity contribution in [2.24, 2.45) is 4.99 Å². The predicted molar refractivity (Wildman–Crippen MR) is 107 cm³/mol. The van der Waals surface area contributed by atoms with Gasteiger partial charge in [0.15, 0.2) is 11.4 Å². The first-order chi connectivity index (χ1) is 13.4. The summed E-state index contributed by atoms with van der Waals surface area (Å²) in [4.78, 5) is 39.9. The Labute approximate surface area is 169 Å². The first kappa shape index (κ1) is 20.0. The molecular formula is C19H19N3O4S2. The van der Waals surface area contributed by atoms with Crippen LogP contribution in [0.2, 0.25) is 0 Å². The maximum absolute atomic E-state index is 12.1. The van der Waals surface area contributed by atoms with Crippen molar-refractivity contribution in [3.63, 3.8) is 0 Å². The first-order valence-electron chi connectivity index (χ1n) is 8.50. The predicted octanol–water partition coefficient (Wildman–Crippen LogP) is 2.11. The second-order valence-corrected chi connectivity index (χ2v) is 7.89. The molecule has 2 aromatic heterocycles. The van der Waals surface area contributed by atoms with E-state index < -0.39 is 18.5 Å². The number of esters is 1. The Bertz CT molecular complexity index is 1100. The van der Waals surface area contributed by atoms with Crippen molar-refractivity contribution in [3.05, 3.63) is 72.5 Å². The number of aryl methyl sites for hydroxylation is 2. The molecule has 28 heavy (non-hydrogen) atoms. The van der Waals surface area contributed by atoms with Gasteiger partial charge in [0, 0.05) is 29.2 Å². The molecule has 0 fully saturated rings. The lowest BCUT2D eigenvalue weighted by atomic mass is 10.1. The summed E-state index contributed by atoms with van der Waals surface area (Å²) in [7, 11) is 0. The smallest absolute Gasteiger partial charge is 0.326 e. The Kier molecular flexibility index (Phi) is 6.37. The van der Waals surface area contributed by atoms with Crippen LogP contribution in [-0.2, 0) is 27.4 Å². The van der Waals surface area contributed by atoms with Crippen molar-refractivity contribution < 1.29 is 14.3 Å². The molecule has 0 saturated carbocycles. The molecule has 0 atom stereocenters. The van der Waals surface area contributed by atoms with Gasteiger partial charge in [-0.2, -0.15) is 4.99 Å². The molecule has 0 unspecified atom stereocenters. The van der Waals surface area contributed by atoms with Gasteiger partial charge < -0.3 is 9.30 Å². The van der Waals surface area contributed by atoms with Gasteiger partial charge in [0.1, 0.15) is 6.54 Å². The van der Waals surface area contributed by atoms with Gasteiger partial charge >= 0.3 is 10.8 Å². The normalized spacial score (nSPS) is 11.6. The molecule has 0 aliphatic carbocycles. The highest BCUT2D eigenvalue weighted by atomic mass is 32.1. The molecule has 1 aromatic carbocycles. The molecule has 0 bridgehead atoms. The molecular weight excluding hydrogens is 398 g/mol. The largest absolute Gasteiger partial charge is 0.454 e. The number of hydrogen-bond donors (Lipinski definition) is 0. The van der Waals surface area contributed by atoms with Crippen molar-refractivity contribution in [2.45, 2.75) is 26.9 Å². The molecule has 0 aliphatic rings. The number of carbonyl (C=O) groups is 2. The first-order valence-corrected chi connectivity index (χ1v) is 10.3. The fraction of sp³-hybridized carbons (Fsp3) is 0.263. The van der Waals surface area contributed by atoms with Gasteiger partial charge in [-0.25, -0.2) is 0 Å². The zero-order valence-corrected chi connectivity index (χ0v) is 17.1. The molecule has 3 rings (SSSR count). The summed E-state index contributed by atoms with van der Waals surface area (Å²) in [6.45, 7) is 3.68. The van der Waals surface area contributed by atoms with Crippen LogP contribution in [0.5, 0.6) is 0 Å². The van der Waals surface area contributed by atoms with E-state index in [1.165, 1.54) is 21.5 Å². The van der Waals surface area contributed by atoms with Crippen LogP contribution in [0.3, 0.4) is 0 Å². The van der Waals surface area contributed by atoms with Crippen LogP contribution in [0.15, 0.2) is 51.0 Å². The Balaban J connectivity index is 1.60. The fourth-order valence-electron chi connectivity index (χ4n) is 2.45. The molecule has 1 amide bonds. The van der Waals surface area contributed by atoms with Gasteiger partial charge in [0.2, 0.25) is 0 Å². The van der Waals surface area contributed by atoms with E-state index in [0.717, 1.165) is 16.9 Å². The minimum absolute atomic E-state index is 0.214. The zero-order valence-electron chi connectivity index (χ0n) is 15.5. The number of hydrogen-bond acceptors (Lipinski definition) is 6. The number of benzene rings is 1. The minimum Gasteiger partial charge on any atom is -0.454 e. The minimum atomic E-state index is -0.647.